The molecule has 0 fully saturated rings. The van der Waals surface area contributed by atoms with Gasteiger partial charge >= 0.3 is 5.97 Å². The third kappa shape index (κ3) is 4.60. The molecule has 0 radical (unpaired) electrons. The monoisotopic (exact) mass is 265 g/mol. The molecule has 0 aromatic carbocycles. The van der Waals surface area contributed by atoms with Crippen molar-refractivity contribution in [3.05, 3.63) is 0 Å². The number of hydrogen-bond acceptors (Lipinski definition) is 3. The van der Waals surface area contributed by atoms with E-state index in [1.165, 1.54) is 7.11 Å². The zero-order chi connectivity index (χ0) is 11.1. The lowest BCUT2D eigenvalue weighted by Gasteiger charge is -2.25. The first-order valence-corrected chi connectivity index (χ1v) is 5.57. The predicted octanol–water partition coefficient (Wildman–Crippen LogP) is 1.18. The van der Waals surface area contributed by atoms with Gasteiger partial charge in [0.1, 0.15) is 0 Å². The summed E-state index contributed by atoms with van der Waals surface area (Å²) in [5, 5.41) is 0.284. The number of carbonyl (C=O) groups is 2. The topological polar surface area (TPSA) is 46.6 Å². The maximum absolute atomic E-state index is 11.4. The van der Waals surface area contributed by atoms with E-state index in [0.29, 0.717) is 6.54 Å². The molecule has 0 aliphatic rings. The quantitative estimate of drug-likeness (QED) is 0.554. The number of rotatable bonds is 5. The third-order valence-electron chi connectivity index (χ3n) is 1.84. The van der Waals surface area contributed by atoms with Crippen molar-refractivity contribution < 1.29 is 14.3 Å². The smallest absolute Gasteiger partial charge is 0.307 e. The van der Waals surface area contributed by atoms with Crippen LogP contribution in [0.2, 0.25) is 0 Å². The normalized spacial score (nSPS) is 10.1. The van der Waals surface area contributed by atoms with Gasteiger partial charge in [-0.2, -0.15) is 0 Å². The Labute approximate surface area is 92.7 Å². The van der Waals surface area contributed by atoms with E-state index in [4.69, 9.17) is 0 Å². The molecule has 1 amide bonds. The van der Waals surface area contributed by atoms with Crippen LogP contribution in [0, 0.1) is 0 Å². The average molecular weight is 266 g/mol. The molecular formula is C9H16BrNO3. The molecule has 0 aromatic heterocycles. The fourth-order valence-electron chi connectivity index (χ4n) is 1.06. The van der Waals surface area contributed by atoms with Crippen LogP contribution in [0.25, 0.3) is 0 Å². The van der Waals surface area contributed by atoms with E-state index in [1.807, 2.05) is 13.8 Å². The van der Waals surface area contributed by atoms with Gasteiger partial charge in [-0.3, -0.25) is 9.59 Å². The van der Waals surface area contributed by atoms with Gasteiger partial charge in [0.25, 0.3) is 0 Å². The summed E-state index contributed by atoms with van der Waals surface area (Å²) in [4.78, 5) is 23.9. The molecule has 0 aliphatic heterocycles. The predicted molar refractivity (Wildman–Crippen MR) is 57.3 cm³/mol. The molecule has 5 heteroatoms. The molecule has 0 unspecified atom stereocenters. The van der Waals surface area contributed by atoms with Crippen molar-refractivity contribution >= 4 is 27.8 Å². The van der Waals surface area contributed by atoms with Crippen molar-refractivity contribution in [1.29, 1.82) is 0 Å². The fraction of sp³-hybridized carbons (Fsp3) is 0.778. The van der Waals surface area contributed by atoms with E-state index >= 15 is 0 Å². The van der Waals surface area contributed by atoms with Gasteiger partial charge in [-0.1, -0.05) is 15.9 Å². The lowest BCUT2D eigenvalue weighted by molar-refractivity contribution is -0.141. The minimum Gasteiger partial charge on any atom is -0.469 e. The summed E-state index contributed by atoms with van der Waals surface area (Å²) in [6, 6.07) is 0.102. The third-order valence-corrected chi connectivity index (χ3v) is 2.32. The first-order chi connectivity index (χ1) is 6.52. The number of halogens is 1. The van der Waals surface area contributed by atoms with Crippen LogP contribution in [0.4, 0.5) is 0 Å². The van der Waals surface area contributed by atoms with Gasteiger partial charge in [0.05, 0.1) is 18.9 Å². The van der Waals surface area contributed by atoms with Crippen LogP contribution >= 0.6 is 15.9 Å². The Kier molecular flexibility index (Phi) is 6.53. The number of amides is 1. The Balaban J connectivity index is 4.11. The highest BCUT2D eigenvalue weighted by molar-refractivity contribution is 9.09. The van der Waals surface area contributed by atoms with E-state index in [1.54, 1.807) is 4.90 Å². The summed E-state index contributed by atoms with van der Waals surface area (Å²) in [6.07, 6.45) is 0.243. The Bertz CT molecular complexity index is 206. The summed E-state index contributed by atoms with van der Waals surface area (Å²) in [6.45, 7) is 4.24. The van der Waals surface area contributed by atoms with Crippen molar-refractivity contribution in [2.75, 3.05) is 19.0 Å². The number of methoxy groups -OCH3 is 1. The van der Waals surface area contributed by atoms with Crippen molar-refractivity contribution in [3.63, 3.8) is 0 Å². The Morgan fingerprint density at radius 2 is 2.00 bits per heavy atom. The zero-order valence-corrected chi connectivity index (χ0v) is 10.3. The largest absolute Gasteiger partial charge is 0.469 e. The van der Waals surface area contributed by atoms with Crippen LogP contribution in [-0.2, 0) is 14.3 Å². The maximum atomic E-state index is 11.4. The Morgan fingerprint density at radius 1 is 1.43 bits per heavy atom. The summed E-state index contributed by atoms with van der Waals surface area (Å²) < 4.78 is 4.51. The zero-order valence-electron chi connectivity index (χ0n) is 8.75. The van der Waals surface area contributed by atoms with E-state index in [2.05, 4.69) is 20.7 Å². The van der Waals surface area contributed by atoms with Crippen LogP contribution in [0.1, 0.15) is 20.3 Å². The minimum absolute atomic E-state index is 0.0103. The number of hydrogen-bond donors (Lipinski definition) is 0. The van der Waals surface area contributed by atoms with Crippen molar-refractivity contribution in [2.45, 2.75) is 26.3 Å². The van der Waals surface area contributed by atoms with Crippen molar-refractivity contribution in [3.8, 4) is 0 Å². The molecule has 4 nitrogen and oxygen atoms in total. The second kappa shape index (κ2) is 6.81. The lowest BCUT2D eigenvalue weighted by atomic mass is 10.3. The molecule has 0 spiro atoms. The van der Waals surface area contributed by atoms with Gasteiger partial charge in [0, 0.05) is 12.6 Å². The van der Waals surface area contributed by atoms with E-state index < -0.39 is 0 Å². The van der Waals surface area contributed by atoms with Crippen LogP contribution in [-0.4, -0.2) is 41.8 Å². The summed E-state index contributed by atoms with van der Waals surface area (Å²) in [5.74, 6) is -0.304. The second-order valence-electron chi connectivity index (χ2n) is 3.14. The van der Waals surface area contributed by atoms with Crippen LogP contribution in [0.3, 0.4) is 0 Å². The van der Waals surface area contributed by atoms with E-state index in [0.717, 1.165) is 0 Å². The highest BCUT2D eigenvalue weighted by Crippen LogP contribution is 2.03. The fourth-order valence-corrected chi connectivity index (χ4v) is 1.38. The molecule has 14 heavy (non-hydrogen) atoms. The van der Waals surface area contributed by atoms with Gasteiger partial charge in [0.2, 0.25) is 5.91 Å². The number of carbonyl (C=O) groups excluding carboxylic acids is 2. The standard InChI is InChI=1S/C9H16BrNO3/c1-7(2)11(8(12)6-10)5-4-9(13)14-3/h7H,4-6H2,1-3H3. The van der Waals surface area contributed by atoms with Gasteiger partial charge in [-0.05, 0) is 13.8 Å². The number of ether oxygens (including phenoxy) is 1. The van der Waals surface area contributed by atoms with Crippen LogP contribution in [0.15, 0.2) is 0 Å². The lowest BCUT2D eigenvalue weighted by Crippen LogP contribution is -2.39. The summed E-state index contributed by atoms with van der Waals surface area (Å²) in [7, 11) is 1.34. The van der Waals surface area contributed by atoms with Crippen LogP contribution < -0.4 is 0 Å². The highest BCUT2D eigenvalue weighted by Gasteiger charge is 2.16. The van der Waals surface area contributed by atoms with E-state index in [9.17, 15) is 9.59 Å². The first kappa shape index (κ1) is 13.4. The SMILES string of the molecule is COC(=O)CCN(C(=O)CBr)C(C)C. The molecule has 0 saturated carbocycles. The van der Waals surface area contributed by atoms with Crippen molar-refractivity contribution in [2.24, 2.45) is 0 Å². The molecule has 0 atom stereocenters. The summed E-state index contributed by atoms with van der Waals surface area (Å²) >= 11 is 3.10. The van der Waals surface area contributed by atoms with Gasteiger partial charge in [0.15, 0.2) is 0 Å². The molecule has 0 saturated heterocycles. The Morgan fingerprint density at radius 3 is 2.36 bits per heavy atom. The average Bonchev–Trinajstić information content (AvgIpc) is 2.16. The first-order valence-electron chi connectivity index (χ1n) is 4.45. The molecule has 0 aromatic rings. The van der Waals surface area contributed by atoms with E-state index in [-0.39, 0.29) is 29.7 Å². The molecule has 82 valence electrons. The molecule has 0 heterocycles. The second-order valence-corrected chi connectivity index (χ2v) is 3.70. The summed E-state index contributed by atoms with van der Waals surface area (Å²) in [5.41, 5.74) is 0. The van der Waals surface area contributed by atoms with Crippen molar-refractivity contribution in [1.82, 2.24) is 4.90 Å². The molecule has 0 bridgehead atoms. The number of nitrogens with zero attached hydrogens (tertiary/aromatic N) is 1. The van der Waals surface area contributed by atoms with Gasteiger partial charge < -0.3 is 9.64 Å². The minimum atomic E-state index is -0.293. The van der Waals surface area contributed by atoms with Crippen LogP contribution in [0.5, 0.6) is 0 Å². The highest BCUT2D eigenvalue weighted by atomic mass is 79.9. The number of alkyl halides is 1. The molecule has 0 rings (SSSR count). The molecule has 0 N–H and O–H groups in total. The maximum Gasteiger partial charge on any atom is 0.307 e. The molecular weight excluding hydrogens is 250 g/mol. The number of esters is 1. The Hall–Kier alpha value is -0.580. The molecule has 0 aliphatic carbocycles. The van der Waals surface area contributed by atoms with Gasteiger partial charge in [-0.15, -0.1) is 0 Å². The van der Waals surface area contributed by atoms with Gasteiger partial charge in [-0.25, -0.2) is 0 Å².